The molecule has 5 nitrogen and oxygen atoms in total. The van der Waals surface area contributed by atoms with Gasteiger partial charge < -0.3 is 15.2 Å². The first-order valence-corrected chi connectivity index (χ1v) is 13.0. The van der Waals surface area contributed by atoms with Gasteiger partial charge in [0.2, 0.25) is 5.91 Å². The van der Waals surface area contributed by atoms with Gasteiger partial charge in [-0.15, -0.1) is 0 Å². The summed E-state index contributed by atoms with van der Waals surface area (Å²) in [6, 6.07) is 27.9. The SMILES string of the molecule is O=C(O)CCC(CCc1ccc(Oc2ccccc2)cc1)NC(=O)CCCCCCc1ccccc1. The summed E-state index contributed by atoms with van der Waals surface area (Å²) in [6.07, 6.45) is 7.62. The highest BCUT2D eigenvalue weighted by Crippen LogP contribution is 2.22. The van der Waals surface area contributed by atoms with Crippen LogP contribution in [0.15, 0.2) is 84.9 Å². The first-order valence-electron chi connectivity index (χ1n) is 13.0. The van der Waals surface area contributed by atoms with Gasteiger partial charge in [-0.05, 0) is 73.9 Å². The molecule has 36 heavy (non-hydrogen) atoms. The van der Waals surface area contributed by atoms with Gasteiger partial charge in [-0.1, -0.05) is 73.5 Å². The normalized spacial score (nSPS) is 11.6. The molecule has 2 N–H and O–H groups in total. The number of carbonyl (C=O) groups is 2. The molecule has 0 saturated heterocycles. The maximum atomic E-state index is 12.5. The van der Waals surface area contributed by atoms with Crippen LogP contribution in [0.25, 0.3) is 0 Å². The zero-order chi connectivity index (χ0) is 25.4. The Bertz CT molecular complexity index is 1040. The summed E-state index contributed by atoms with van der Waals surface area (Å²) < 4.78 is 5.84. The average Bonchev–Trinajstić information content (AvgIpc) is 2.89. The second kappa shape index (κ2) is 15.4. The minimum Gasteiger partial charge on any atom is -0.481 e. The molecule has 0 aliphatic heterocycles. The first-order chi connectivity index (χ1) is 17.6. The van der Waals surface area contributed by atoms with E-state index in [1.54, 1.807) is 0 Å². The van der Waals surface area contributed by atoms with E-state index in [1.807, 2.05) is 60.7 Å². The number of rotatable bonds is 16. The highest BCUT2D eigenvalue weighted by atomic mass is 16.5. The molecule has 0 bridgehead atoms. The molecule has 0 fully saturated rings. The van der Waals surface area contributed by atoms with Crippen molar-refractivity contribution in [1.82, 2.24) is 5.32 Å². The van der Waals surface area contributed by atoms with Gasteiger partial charge in [-0.2, -0.15) is 0 Å². The summed E-state index contributed by atoms with van der Waals surface area (Å²) in [6.45, 7) is 0. The van der Waals surface area contributed by atoms with Crippen molar-refractivity contribution in [2.24, 2.45) is 0 Å². The summed E-state index contributed by atoms with van der Waals surface area (Å²) in [5, 5.41) is 12.2. The van der Waals surface area contributed by atoms with Gasteiger partial charge in [0.25, 0.3) is 0 Å². The molecule has 0 saturated carbocycles. The summed E-state index contributed by atoms with van der Waals surface area (Å²) in [5.74, 6) is 0.734. The minimum atomic E-state index is -0.838. The van der Waals surface area contributed by atoms with Crippen LogP contribution in [0, 0.1) is 0 Å². The average molecular weight is 488 g/mol. The van der Waals surface area contributed by atoms with Crippen LogP contribution in [0.4, 0.5) is 0 Å². The second-order valence-corrected chi connectivity index (χ2v) is 9.19. The number of aryl methyl sites for hydroxylation is 2. The molecular formula is C31H37NO4. The number of hydrogen-bond acceptors (Lipinski definition) is 3. The minimum absolute atomic E-state index is 0.0139. The van der Waals surface area contributed by atoms with Gasteiger partial charge >= 0.3 is 5.97 Å². The number of aliphatic carboxylic acids is 1. The van der Waals surface area contributed by atoms with Gasteiger partial charge in [-0.25, -0.2) is 0 Å². The number of benzene rings is 3. The molecular weight excluding hydrogens is 450 g/mol. The predicted molar refractivity (Wildman–Crippen MR) is 143 cm³/mol. The number of carboxylic acid groups (broad SMARTS) is 1. The molecule has 5 heteroatoms. The van der Waals surface area contributed by atoms with Crippen molar-refractivity contribution in [2.75, 3.05) is 0 Å². The van der Waals surface area contributed by atoms with E-state index in [4.69, 9.17) is 9.84 Å². The standard InChI is InChI=1S/C31H37NO4/c33-30(16-10-2-1-5-11-25-12-6-3-7-13-25)32-27(21-24-31(34)35)20-17-26-18-22-29(23-19-26)36-28-14-8-4-9-15-28/h3-4,6-9,12-15,18-19,22-23,27H,1-2,5,10-11,16-17,20-21,24H2,(H,32,33)(H,34,35). The molecule has 190 valence electrons. The molecule has 1 amide bonds. The number of para-hydroxylation sites is 1. The Morgan fingerprint density at radius 2 is 1.28 bits per heavy atom. The largest absolute Gasteiger partial charge is 0.481 e. The van der Waals surface area contributed by atoms with Gasteiger partial charge in [0, 0.05) is 18.9 Å². The van der Waals surface area contributed by atoms with Crippen molar-refractivity contribution in [3.05, 3.63) is 96.1 Å². The monoisotopic (exact) mass is 487 g/mol. The van der Waals surface area contributed by atoms with Crippen molar-refractivity contribution in [1.29, 1.82) is 0 Å². The molecule has 0 radical (unpaired) electrons. The fourth-order valence-corrected chi connectivity index (χ4v) is 4.19. The van der Waals surface area contributed by atoms with E-state index in [-0.39, 0.29) is 18.4 Å². The Kier molecular flexibility index (Phi) is 11.6. The summed E-state index contributed by atoms with van der Waals surface area (Å²) in [5.41, 5.74) is 2.48. The third-order valence-electron chi connectivity index (χ3n) is 6.22. The first kappa shape index (κ1) is 27.0. The number of carbonyl (C=O) groups excluding carboxylic acids is 1. The van der Waals surface area contributed by atoms with E-state index in [2.05, 4.69) is 29.6 Å². The molecule has 3 rings (SSSR count). The Morgan fingerprint density at radius 3 is 1.97 bits per heavy atom. The lowest BCUT2D eigenvalue weighted by atomic mass is 10.0. The van der Waals surface area contributed by atoms with Gasteiger partial charge in [0.15, 0.2) is 0 Å². The highest BCUT2D eigenvalue weighted by Gasteiger charge is 2.14. The number of ether oxygens (including phenoxy) is 1. The fraction of sp³-hybridized carbons (Fsp3) is 0.355. The van der Waals surface area contributed by atoms with Crippen molar-refractivity contribution in [3.63, 3.8) is 0 Å². The Morgan fingerprint density at radius 1 is 0.667 bits per heavy atom. The van der Waals surface area contributed by atoms with Crippen LogP contribution in [0.2, 0.25) is 0 Å². The van der Waals surface area contributed by atoms with Crippen LogP contribution < -0.4 is 10.1 Å². The topological polar surface area (TPSA) is 75.6 Å². The van der Waals surface area contributed by atoms with Crippen LogP contribution in [0.1, 0.15) is 62.5 Å². The van der Waals surface area contributed by atoms with Crippen LogP contribution in [0.5, 0.6) is 11.5 Å². The zero-order valence-electron chi connectivity index (χ0n) is 20.9. The van der Waals surface area contributed by atoms with E-state index in [0.29, 0.717) is 19.3 Å². The Labute approximate surface area is 214 Å². The highest BCUT2D eigenvalue weighted by molar-refractivity contribution is 5.76. The van der Waals surface area contributed by atoms with Crippen molar-refractivity contribution in [2.45, 2.75) is 70.3 Å². The van der Waals surface area contributed by atoms with Crippen molar-refractivity contribution < 1.29 is 19.4 Å². The third kappa shape index (κ3) is 10.8. The molecule has 3 aromatic carbocycles. The van der Waals surface area contributed by atoms with Crippen molar-refractivity contribution in [3.8, 4) is 11.5 Å². The third-order valence-corrected chi connectivity index (χ3v) is 6.22. The molecule has 0 aromatic heterocycles. The second-order valence-electron chi connectivity index (χ2n) is 9.19. The molecule has 1 atom stereocenters. The number of amides is 1. The molecule has 0 spiro atoms. The van der Waals surface area contributed by atoms with Crippen molar-refractivity contribution >= 4 is 11.9 Å². The quantitative estimate of drug-likeness (QED) is 0.214. The van der Waals surface area contributed by atoms with Crippen LogP contribution in [-0.2, 0) is 22.4 Å². The van der Waals surface area contributed by atoms with Crippen LogP contribution in [0.3, 0.4) is 0 Å². The van der Waals surface area contributed by atoms with E-state index >= 15 is 0 Å². The maximum absolute atomic E-state index is 12.5. The summed E-state index contributed by atoms with van der Waals surface area (Å²) in [4.78, 5) is 23.6. The maximum Gasteiger partial charge on any atom is 0.303 e. The smallest absolute Gasteiger partial charge is 0.303 e. The lowest BCUT2D eigenvalue weighted by Gasteiger charge is -2.18. The predicted octanol–water partition coefficient (Wildman–Crippen LogP) is 6.95. The van der Waals surface area contributed by atoms with E-state index in [1.165, 1.54) is 5.56 Å². The van der Waals surface area contributed by atoms with Gasteiger partial charge in [0.1, 0.15) is 11.5 Å². The zero-order valence-corrected chi connectivity index (χ0v) is 20.9. The van der Waals surface area contributed by atoms with E-state index < -0.39 is 5.97 Å². The number of carboxylic acids is 1. The lowest BCUT2D eigenvalue weighted by Crippen LogP contribution is -2.35. The molecule has 0 aliphatic carbocycles. The number of unbranched alkanes of at least 4 members (excludes halogenated alkanes) is 3. The fourth-order valence-electron chi connectivity index (χ4n) is 4.19. The van der Waals surface area contributed by atoms with Gasteiger partial charge in [0.05, 0.1) is 0 Å². The molecule has 0 aliphatic rings. The van der Waals surface area contributed by atoms with E-state index in [9.17, 15) is 9.59 Å². The van der Waals surface area contributed by atoms with Crippen LogP contribution >= 0.6 is 0 Å². The van der Waals surface area contributed by atoms with Gasteiger partial charge in [-0.3, -0.25) is 9.59 Å². The summed E-state index contributed by atoms with van der Waals surface area (Å²) in [7, 11) is 0. The van der Waals surface area contributed by atoms with E-state index in [0.717, 1.165) is 55.6 Å². The molecule has 0 heterocycles. The van der Waals surface area contributed by atoms with Crippen LogP contribution in [-0.4, -0.2) is 23.0 Å². The lowest BCUT2D eigenvalue weighted by molar-refractivity contribution is -0.137. The Hall–Kier alpha value is -3.60. The number of nitrogens with one attached hydrogen (secondary N) is 1. The number of hydrogen-bond donors (Lipinski definition) is 2. The molecule has 1 unspecified atom stereocenters. The molecule has 3 aromatic rings. The Balaban J connectivity index is 1.38. The summed E-state index contributed by atoms with van der Waals surface area (Å²) >= 11 is 0.